The zero-order chi connectivity index (χ0) is 6.24. The van der Waals surface area contributed by atoms with Crippen molar-refractivity contribution in [3.63, 3.8) is 0 Å². The predicted molar refractivity (Wildman–Crippen MR) is 31.5 cm³/mol. The van der Waals surface area contributed by atoms with Gasteiger partial charge in [0.2, 0.25) is 0 Å². The maximum Gasteiger partial charge on any atom is 0.120 e. The summed E-state index contributed by atoms with van der Waals surface area (Å²) in [6, 6.07) is 0. The van der Waals surface area contributed by atoms with E-state index in [0.717, 1.165) is 12.7 Å². The summed E-state index contributed by atoms with van der Waals surface area (Å²) >= 11 is 0. The number of aldehydes is 1. The number of carbonyl (C=O) groups excluding carboxylic acids is 1. The SMILES string of the molecule is O=CCC/C=C\CO. The predicted octanol–water partition coefficient (Wildman–Crippen LogP) is 0.514. The summed E-state index contributed by atoms with van der Waals surface area (Å²) in [6.45, 7) is 0.0683. The molecule has 2 nitrogen and oxygen atoms in total. The second-order valence-corrected chi connectivity index (χ2v) is 1.40. The summed E-state index contributed by atoms with van der Waals surface area (Å²) in [5.74, 6) is 0. The Labute approximate surface area is 48.8 Å². The van der Waals surface area contributed by atoms with Crippen LogP contribution in [0.2, 0.25) is 0 Å². The van der Waals surface area contributed by atoms with E-state index in [1.54, 1.807) is 12.2 Å². The van der Waals surface area contributed by atoms with Crippen LogP contribution in [0.1, 0.15) is 12.8 Å². The highest BCUT2D eigenvalue weighted by atomic mass is 16.2. The zero-order valence-corrected chi connectivity index (χ0v) is 4.71. The lowest BCUT2D eigenvalue weighted by Gasteiger charge is -1.79. The van der Waals surface area contributed by atoms with E-state index in [4.69, 9.17) is 5.11 Å². The van der Waals surface area contributed by atoms with Crippen molar-refractivity contribution < 1.29 is 9.90 Å². The normalized spacial score (nSPS) is 10.1. The van der Waals surface area contributed by atoms with Gasteiger partial charge >= 0.3 is 0 Å². The largest absolute Gasteiger partial charge is 0.392 e. The first-order valence-electron chi connectivity index (χ1n) is 2.61. The number of carbonyl (C=O) groups is 1. The molecule has 46 valence electrons. The second-order valence-electron chi connectivity index (χ2n) is 1.40. The third-order valence-corrected chi connectivity index (χ3v) is 0.723. The summed E-state index contributed by atoms with van der Waals surface area (Å²) < 4.78 is 0. The molecule has 0 spiro atoms. The van der Waals surface area contributed by atoms with Crippen LogP contribution in [-0.4, -0.2) is 18.0 Å². The van der Waals surface area contributed by atoms with Crippen molar-refractivity contribution in [1.82, 2.24) is 0 Å². The van der Waals surface area contributed by atoms with E-state index >= 15 is 0 Å². The summed E-state index contributed by atoms with van der Waals surface area (Å²) in [7, 11) is 0. The summed E-state index contributed by atoms with van der Waals surface area (Å²) in [5, 5.41) is 8.19. The molecule has 0 bridgehead atoms. The molecule has 0 aliphatic rings. The monoisotopic (exact) mass is 114 g/mol. The van der Waals surface area contributed by atoms with Crippen molar-refractivity contribution in [2.24, 2.45) is 0 Å². The molecule has 0 aliphatic heterocycles. The smallest absolute Gasteiger partial charge is 0.120 e. The molecule has 0 aliphatic carbocycles. The van der Waals surface area contributed by atoms with Crippen LogP contribution >= 0.6 is 0 Å². The maximum absolute atomic E-state index is 9.67. The lowest BCUT2D eigenvalue weighted by molar-refractivity contribution is -0.107. The van der Waals surface area contributed by atoms with Crippen LogP contribution in [0.4, 0.5) is 0 Å². The van der Waals surface area contributed by atoms with E-state index in [0.29, 0.717) is 6.42 Å². The molecule has 0 saturated carbocycles. The van der Waals surface area contributed by atoms with Gasteiger partial charge in [0.15, 0.2) is 0 Å². The standard InChI is InChI=1S/C6H10O2/c7-5-3-1-2-4-6-8/h1,3,6-7H,2,4-5H2/b3-1-. The Morgan fingerprint density at radius 3 is 2.50 bits per heavy atom. The fourth-order valence-corrected chi connectivity index (χ4v) is 0.357. The van der Waals surface area contributed by atoms with Crippen LogP contribution in [0.5, 0.6) is 0 Å². The molecule has 0 amide bonds. The number of hydrogen-bond donors (Lipinski definition) is 1. The van der Waals surface area contributed by atoms with Gasteiger partial charge in [-0.2, -0.15) is 0 Å². The van der Waals surface area contributed by atoms with Gasteiger partial charge in [-0.3, -0.25) is 0 Å². The van der Waals surface area contributed by atoms with Crippen LogP contribution in [0.25, 0.3) is 0 Å². The van der Waals surface area contributed by atoms with Gasteiger partial charge in [-0.25, -0.2) is 0 Å². The molecule has 0 atom stereocenters. The van der Waals surface area contributed by atoms with Crippen molar-refractivity contribution in [3.8, 4) is 0 Å². The quantitative estimate of drug-likeness (QED) is 0.328. The molecule has 0 radical (unpaired) electrons. The van der Waals surface area contributed by atoms with Crippen LogP contribution in [0, 0.1) is 0 Å². The van der Waals surface area contributed by atoms with Gasteiger partial charge in [0.05, 0.1) is 6.61 Å². The highest BCUT2D eigenvalue weighted by Gasteiger charge is 1.74. The molecule has 0 fully saturated rings. The van der Waals surface area contributed by atoms with Crippen LogP contribution < -0.4 is 0 Å². The number of aliphatic hydroxyl groups is 1. The highest BCUT2D eigenvalue weighted by molar-refractivity contribution is 5.49. The van der Waals surface area contributed by atoms with Gasteiger partial charge in [-0.1, -0.05) is 12.2 Å². The van der Waals surface area contributed by atoms with Crippen molar-refractivity contribution in [2.45, 2.75) is 12.8 Å². The van der Waals surface area contributed by atoms with Crippen LogP contribution in [0.15, 0.2) is 12.2 Å². The summed E-state index contributed by atoms with van der Waals surface area (Å²) in [4.78, 5) is 9.67. The number of hydrogen-bond acceptors (Lipinski definition) is 2. The number of unbranched alkanes of at least 4 members (excludes halogenated alkanes) is 1. The fourth-order valence-electron chi connectivity index (χ4n) is 0.357. The minimum absolute atomic E-state index is 0.0683. The Balaban J connectivity index is 2.90. The fraction of sp³-hybridized carbons (Fsp3) is 0.500. The number of rotatable bonds is 4. The molecule has 1 N–H and O–H groups in total. The Hall–Kier alpha value is -0.630. The third-order valence-electron chi connectivity index (χ3n) is 0.723. The Morgan fingerprint density at radius 1 is 1.25 bits per heavy atom. The molecule has 8 heavy (non-hydrogen) atoms. The zero-order valence-electron chi connectivity index (χ0n) is 4.71. The van der Waals surface area contributed by atoms with E-state index in [2.05, 4.69) is 0 Å². The highest BCUT2D eigenvalue weighted by Crippen LogP contribution is 1.84. The lowest BCUT2D eigenvalue weighted by Crippen LogP contribution is -1.73. The molecule has 0 unspecified atom stereocenters. The minimum Gasteiger partial charge on any atom is -0.392 e. The first-order valence-corrected chi connectivity index (χ1v) is 2.61. The first-order chi connectivity index (χ1) is 3.91. The van der Waals surface area contributed by atoms with E-state index in [1.165, 1.54) is 0 Å². The minimum atomic E-state index is 0.0683. The number of allylic oxidation sites excluding steroid dienone is 1. The van der Waals surface area contributed by atoms with Crippen molar-refractivity contribution in [2.75, 3.05) is 6.61 Å². The van der Waals surface area contributed by atoms with E-state index < -0.39 is 0 Å². The topological polar surface area (TPSA) is 37.3 Å². The Bertz CT molecular complexity index is 76.6. The molecular weight excluding hydrogens is 104 g/mol. The van der Waals surface area contributed by atoms with Gasteiger partial charge in [-0.05, 0) is 6.42 Å². The summed E-state index contributed by atoms with van der Waals surface area (Å²) in [5.41, 5.74) is 0. The van der Waals surface area contributed by atoms with E-state index in [9.17, 15) is 4.79 Å². The molecule has 0 saturated heterocycles. The lowest BCUT2D eigenvalue weighted by atomic mass is 10.3. The molecule has 0 heterocycles. The number of aliphatic hydroxyl groups excluding tert-OH is 1. The Morgan fingerprint density at radius 2 is 2.00 bits per heavy atom. The maximum atomic E-state index is 9.67. The van der Waals surface area contributed by atoms with Crippen LogP contribution in [-0.2, 0) is 4.79 Å². The first kappa shape index (κ1) is 7.37. The van der Waals surface area contributed by atoms with Gasteiger partial charge in [0.1, 0.15) is 6.29 Å². The molecule has 0 aromatic carbocycles. The van der Waals surface area contributed by atoms with Crippen molar-refractivity contribution >= 4 is 6.29 Å². The Kier molecular flexibility index (Phi) is 5.87. The summed E-state index contributed by atoms with van der Waals surface area (Å²) in [6.07, 6.45) is 5.57. The molecule has 0 rings (SSSR count). The average molecular weight is 114 g/mol. The van der Waals surface area contributed by atoms with Gasteiger partial charge in [0, 0.05) is 6.42 Å². The molecular formula is C6H10O2. The second kappa shape index (κ2) is 6.37. The third kappa shape index (κ3) is 5.37. The average Bonchev–Trinajstić information content (AvgIpc) is 1.81. The molecule has 0 aromatic rings. The van der Waals surface area contributed by atoms with E-state index in [1.807, 2.05) is 0 Å². The molecule has 0 aromatic heterocycles. The van der Waals surface area contributed by atoms with Crippen LogP contribution in [0.3, 0.4) is 0 Å². The van der Waals surface area contributed by atoms with Gasteiger partial charge in [-0.15, -0.1) is 0 Å². The van der Waals surface area contributed by atoms with Gasteiger partial charge in [0.25, 0.3) is 0 Å². The van der Waals surface area contributed by atoms with Crippen molar-refractivity contribution in [3.05, 3.63) is 12.2 Å². The van der Waals surface area contributed by atoms with Gasteiger partial charge < -0.3 is 9.90 Å². The van der Waals surface area contributed by atoms with Crippen molar-refractivity contribution in [1.29, 1.82) is 0 Å². The molecule has 2 heteroatoms. The van der Waals surface area contributed by atoms with E-state index in [-0.39, 0.29) is 6.61 Å².